The fourth-order valence-corrected chi connectivity index (χ4v) is 0. The number of hydrogen-bond donors (Lipinski definition) is 2. The topological polar surface area (TPSA) is 63.3 Å². The molecule has 0 aromatic heterocycles. The van der Waals surface area contributed by atoms with E-state index < -0.39 is 5.97 Å². The molecule has 0 aromatic rings. The fourth-order valence-electron chi connectivity index (χ4n) is 0. The zero-order chi connectivity index (χ0) is 4.28. The molecule has 0 aliphatic heterocycles. The van der Waals surface area contributed by atoms with Crippen molar-refractivity contribution in [1.82, 2.24) is 0 Å². The first-order chi connectivity index (χ1) is 2.27. The maximum atomic E-state index is 9.24. The molecule has 3 nitrogen and oxygen atoms in total. The standard InChI is InChI=1S/C2H5NO2.In.3H/c3-1-2(4)5;;;;/h1,3H2,(H,4,5);;;;. The molecule has 0 aliphatic carbocycles. The van der Waals surface area contributed by atoms with Gasteiger partial charge in [-0.25, -0.2) is 0 Å². The molecule has 0 aliphatic rings. The second kappa shape index (κ2) is 5.30. The van der Waals surface area contributed by atoms with Crippen LogP contribution in [0.15, 0.2) is 0 Å². The second-order valence-corrected chi connectivity index (χ2v) is 0.598. The molecule has 0 saturated heterocycles. The van der Waals surface area contributed by atoms with E-state index >= 15 is 0 Å². The third-order valence-electron chi connectivity index (χ3n) is 0.175. The van der Waals surface area contributed by atoms with Gasteiger partial charge >= 0.3 is 31.8 Å². The van der Waals surface area contributed by atoms with E-state index in [-0.39, 0.29) is 32.4 Å². The molecule has 0 bridgehead atoms. The van der Waals surface area contributed by atoms with E-state index in [1.807, 2.05) is 0 Å². The van der Waals surface area contributed by atoms with Crippen molar-refractivity contribution in [2.45, 2.75) is 0 Å². The quantitative estimate of drug-likeness (QED) is 0.498. The molecule has 3 N–H and O–H groups in total. The molecule has 36 valence electrons. The Kier molecular flexibility index (Phi) is 8.45. The summed E-state index contributed by atoms with van der Waals surface area (Å²) in [5.41, 5.74) is 4.57. The van der Waals surface area contributed by atoms with Crippen molar-refractivity contribution in [1.29, 1.82) is 0 Å². The van der Waals surface area contributed by atoms with Crippen LogP contribution in [0.1, 0.15) is 0 Å². The van der Waals surface area contributed by atoms with E-state index in [9.17, 15) is 4.79 Å². The normalized spacial score (nSPS) is 6.17. The molecule has 0 fully saturated rings. The zero-order valence-electron chi connectivity index (χ0n) is 2.64. The van der Waals surface area contributed by atoms with Crippen LogP contribution in [0, 0.1) is 0 Å². The molecule has 0 aromatic carbocycles. The third kappa shape index (κ3) is 8.85. The van der Waals surface area contributed by atoms with Crippen molar-refractivity contribution in [2.24, 2.45) is 5.73 Å². The maximum absolute atomic E-state index is 9.24. The molecule has 6 heavy (non-hydrogen) atoms. The summed E-state index contributed by atoms with van der Waals surface area (Å²) in [6, 6.07) is 0. The van der Waals surface area contributed by atoms with Crippen LogP contribution in [0.25, 0.3) is 0 Å². The van der Waals surface area contributed by atoms with Gasteiger partial charge in [0.1, 0.15) is 0 Å². The summed E-state index contributed by atoms with van der Waals surface area (Å²) in [6.45, 7) is -0.278. The summed E-state index contributed by atoms with van der Waals surface area (Å²) in [6.07, 6.45) is 0. The molecule has 0 spiro atoms. The van der Waals surface area contributed by atoms with Gasteiger partial charge in [-0.05, 0) is 0 Å². The monoisotopic (exact) mass is 193 g/mol. The van der Waals surface area contributed by atoms with Gasteiger partial charge in [-0.15, -0.1) is 0 Å². The van der Waals surface area contributed by atoms with Crippen molar-refractivity contribution >= 4 is 31.8 Å². The number of rotatable bonds is 1. The van der Waals surface area contributed by atoms with Gasteiger partial charge in [0.05, 0.1) is 6.54 Å². The van der Waals surface area contributed by atoms with E-state index in [0.717, 1.165) is 0 Å². The van der Waals surface area contributed by atoms with Crippen LogP contribution in [0.4, 0.5) is 0 Å². The van der Waals surface area contributed by atoms with Crippen molar-refractivity contribution in [2.75, 3.05) is 6.54 Å². The van der Waals surface area contributed by atoms with Gasteiger partial charge in [0.25, 0.3) is 0 Å². The van der Waals surface area contributed by atoms with E-state index in [0.29, 0.717) is 0 Å². The SMILES string of the molecule is NCC(=O)O.[InH3]. The molecule has 0 heterocycles. The van der Waals surface area contributed by atoms with E-state index in [1.54, 1.807) is 0 Å². The van der Waals surface area contributed by atoms with Crippen molar-refractivity contribution in [3.05, 3.63) is 0 Å². The van der Waals surface area contributed by atoms with E-state index in [4.69, 9.17) is 5.11 Å². The average Bonchev–Trinajstić information content (AvgIpc) is 1.38. The van der Waals surface area contributed by atoms with Gasteiger partial charge in [-0.1, -0.05) is 0 Å². The van der Waals surface area contributed by atoms with Crippen LogP contribution in [-0.4, -0.2) is 43.5 Å². The Morgan fingerprint density at radius 3 is 2.00 bits per heavy atom. The van der Waals surface area contributed by atoms with Crippen LogP contribution in [0.3, 0.4) is 0 Å². The van der Waals surface area contributed by atoms with Crippen LogP contribution >= 0.6 is 0 Å². The number of carboxylic acids is 1. The fraction of sp³-hybridized carbons (Fsp3) is 0.500. The molecule has 0 atom stereocenters. The minimum atomic E-state index is -0.968. The predicted molar refractivity (Wildman–Crippen MR) is 26.6 cm³/mol. The van der Waals surface area contributed by atoms with Gasteiger partial charge in [-0.2, -0.15) is 0 Å². The van der Waals surface area contributed by atoms with Gasteiger partial charge in [-0.3, -0.25) is 4.79 Å². The van der Waals surface area contributed by atoms with Crippen molar-refractivity contribution in [3.8, 4) is 0 Å². The number of carbonyl (C=O) groups is 1. The molecule has 0 amide bonds. The summed E-state index contributed by atoms with van der Waals surface area (Å²) in [7, 11) is 0. The van der Waals surface area contributed by atoms with Crippen LogP contribution < -0.4 is 5.73 Å². The Balaban J connectivity index is 0. The molecular formula is C2H8InNO2. The number of aliphatic carboxylic acids is 1. The molecular weight excluding hydrogens is 185 g/mol. The van der Waals surface area contributed by atoms with Gasteiger partial charge in [0.15, 0.2) is 0 Å². The molecule has 0 unspecified atom stereocenters. The summed E-state index contributed by atoms with van der Waals surface area (Å²) < 4.78 is 0. The zero-order valence-corrected chi connectivity index (χ0v) is 2.64. The summed E-state index contributed by atoms with van der Waals surface area (Å²) in [5, 5.41) is 7.60. The van der Waals surface area contributed by atoms with Gasteiger partial charge in [0.2, 0.25) is 0 Å². The van der Waals surface area contributed by atoms with Crippen LogP contribution in [-0.2, 0) is 4.79 Å². The van der Waals surface area contributed by atoms with Crippen molar-refractivity contribution in [3.63, 3.8) is 0 Å². The van der Waals surface area contributed by atoms with E-state index in [1.165, 1.54) is 0 Å². The molecule has 0 radical (unpaired) electrons. The minimum absolute atomic E-state index is 0. The van der Waals surface area contributed by atoms with Gasteiger partial charge < -0.3 is 10.8 Å². The Morgan fingerprint density at radius 1 is 1.83 bits per heavy atom. The Hall–Kier alpha value is 0.300. The molecule has 0 rings (SSSR count). The number of nitrogens with two attached hydrogens (primary N) is 1. The average molecular weight is 193 g/mol. The Morgan fingerprint density at radius 2 is 2.00 bits per heavy atom. The first-order valence-corrected chi connectivity index (χ1v) is 1.19. The molecule has 0 saturated carbocycles. The van der Waals surface area contributed by atoms with Crippen LogP contribution in [0.5, 0.6) is 0 Å². The Labute approximate surface area is 54.3 Å². The predicted octanol–water partition coefficient (Wildman–Crippen LogP) is -2.15. The first-order valence-electron chi connectivity index (χ1n) is 1.19. The first kappa shape index (κ1) is 9.57. The van der Waals surface area contributed by atoms with Crippen LogP contribution in [0.2, 0.25) is 0 Å². The number of hydrogen-bond acceptors (Lipinski definition) is 2. The van der Waals surface area contributed by atoms with Crippen molar-refractivity contribution < 1.29 is 9.90 Å². The molecule has 4 heteroatoms. The summed E-state index contributed by atoms with van der Waals surface area (Å²) in [4.78, 5) is 9.24. The Bertz CT molecular complexity index is 46.8. The number of carboxylic acid groups (broad SMARTS) is 1. The summed E-state index contributed by atoms with van der Waals surface area (Å²) in [5.74, 6) is -0.968. The van der Waals surface area contributed by atoms with Gasteiger partial charge in [0, 0.05) is 0 Å². The third-order valence-corrected chi connectivity index (χ3v) is 0.175. The second-order valence-electron chi connectivity index (χ2n) is 0.598. The summed E-state index contributed by atoms with van der Waals surface area (Å²) >= 11 is 0. The van der Waals surface area contributed by atoms with E-state index in [2.05, 4.69) is 5.73 Å².